The molecule has 2 amide bonds. The third kappa shape index (κ3) is 3.62. The molecule has 1 aliphatic heterocycles. The molecule has 8 heteroatoms. The Kier molecular flexibility index (Phi) is 4.27. The highest BCUT2D eigenvalue weighted by atomic mass is 16.6. The van der Waals surface area contributed by atoms with Crippen LogP contribution in [0.3, 0.4) is 0 Å². The van der Waals surface area contributed by atoms with Crippen molar-refractivity contribution in [2.24, 2.45) is 5.73 Å². The van der Waals surface area contributed by atoms with Gasteiger partial charge >= 0.3 is 5.97 Å². The SMILES string of the molecule is NC(=O)C[C@H](NC(=O)c1ccc2c(c1)OCCO2)C(=O)O. The van der Waals surface area contributed by atoms with Crippen LogP contribution in [-0.4, -0.2) is 42.1 Å². The Balaban J connectivity index is 2.12. The topological polar surface area (TPSA) is 128 Å². The molecule has 0 spiro atoms. The third-order valence-electron chi connectivity index (χ3n) is 2.81. The quantitative estimate of drug-likeness (QED) is 0.672. The lowest BCUT2D eigenvalue weighted by atomic mass is 10.1. The summed E-state index contributed by atoms with van der Waals surface area (Å²) in [5.74, 6) is -1.86. The summed E-state index contributed by atoms with van der Waals surface area (Å²) in [6.45, 7) is 0.801. The largest absolute Gasteiger partial charge is 0.486 e. The predicted molar refractivity (Wildman–Crippen MR) is 70.1 cm³/mol. The maximum absolute atomic E-state index is 12.0. The number of hydrogen-bond donors (Lipinski definition) is 3. The lowest BCUT2D eigenvalue weighted by Crippen LogP contribution is -2.43. The minimum Gasteiger partial charge on any atom is -0.486 e. The summed E-state index contributed by atoms with van der Waals surface area (Å²) >= 11 is 0. The van der Waals surface area contributed by atoms with Crippen molar-refractivity contribution in [3.05, 3.63) is 23.8 Å². The molecule has 1 aliphatic rings. The maximum Gasteiger partial charge on any atom is 0.326 e. The number of carboxylic acid groups (broad SMARTS) is 1. The van der Waals surface area contributed by atoms with E-state index in [4.69, 9.17) is 20.3 Å². The zero-order chi connectivity index (χ0) is 15.4. The molecule has 0 saturated heterocycles. The van der Waals surface area contributed by atoms with Crippen molar-refractivity contribution in [3.8, 4) is 11.5 Å². The summed E-state index contributed by atoms with van der Waals surface area (Å²) in [5.41, 5.74) is 5.15. The molecule has 0 aliphatic carbocycles. The first-order chi connectivity index (χ1) is 9.97. The number of nitrogens with one attached hydrogen (secondary N) is 1. The van der Waals surface area contributed by atoms with E-state index in [1.54, 1.807) is 6.07 Å². The number of nitrogens with two attached hydrogens (primary N) is 1. The molecule has 0 unspecified atom stereocenters. The van der Waals surface area contributed by atoms with Crippen molar-refractivity contribution in [1.29, 1.82) is 0 Å². The molecule has 21 heavy (non-hydrogen) atoms. The van der Waals surface area contributed by atoms with E-state index in [-0.39, 0.29) is 5.56 Å². The number of rotatable bonds is 5. The van der Waals surface area contributed by atoms with Gasteiger partial charge in [0.05, 0.1) is 6.42 Å². The van der Waals surface area contributed by atoms with Gasteiger partial charge in [-0.25, -0.2) is 4.79 Å². The number of amides is 2. The fraction of sp³-hybridized carbons (Fsp3) is 0.308. The van der Waals surface area contributed by atoms with Crippen molar-refractivity contribution in [1.82, 2.24) is 5.32 Å². The Morgan fingerprint density at radius 1 is 1.24 bits per heavy atom. The molecule has 0 bridgehead atoms. The van der Waals surface area contributed by atoms with Crippen LogP contribution in [0.2, 0.25) is 0 Å². The van der Waals surface area contributed by atoms with Crippen LogP contribution in [0.4, 0.5) is 0 Å². The van der Waals surface area contributed by atoms with Crippen molar-refractivity contribution < 1.29 is 29.0 Å². The van der Waals surface area contributed by atoms with E-state index in [1.807, 2.05) is 0 Å². The zero-order valence-corrected chi connectivity index (χ0v) is 11.0. The molecular formula is C13H14N2O6. The average Bonchev–Trinajstić information content (AvgIpc) is 2.45. The van der Waals surface area contributed by atoms with Crippen molar-refractivity contribution in [2.45, 2.75) is 12.5 Å². The average molecular weight is 294 g/mol. The van der Waals surface area contributed by atoms with E-state index >= 15 is 0 Å². The predicted octanol–water partition coefficient (Wildman–Crippen LogP) is -0.484. The van der Waals surface area contributed by atoms with Crippen LogP contribution >= 0.6 is 0 Å². The van der Waals surface area contributed by atoms with Crippen molar-refractivity contribution >= 4 is 17.8 Å². The minimum atomic E-state index is -1.37. The molecule has 4 N–H and O–H groups in total. The van der Waals surface area contributed by atoms with E-state index in [2.05, 4.69) is 5.32 Å². The minimum absolute atomic E-state index is 0.204. The molecule has 0 aromatic heterocycles. The van der Waals surface area contributed by atoms with E-state index in [0.717, 1.165) is 0 Å². The van der Waals surface area contributed by atoms with Gasteiger partial charge in [-0.2, -0.15) is 0 Å². The molecule has 0 saturated carbocycles. The van der Waals surface area contributed by atoms with E-state index in [1.165, 1.54) is 12.1 Å². The summed E-state index contributed by atoms with van der Waals surface area (Å²) in [6, 6.07) is 3.12. The van der Waals surface area contributed by atoms with Crippen LogP contribution in [-0.2, 0) is 9.59 Å². The summed E-state index contributed by atoms with van der Waals surface area (Å²) in [6.07, 6.45) is -0.481. The Bertz CT molecular complexity index is 586. The summed E-state index contributed by atoms with van der Waals surface area (Å²) < 4.78 is 10.7. The Hall–Kier alpha value is -2.77. The number of hydrogen-bond acceptors (Lipinski definition) is 5. The number of aliphatic carboxylic acids is 1. The molecule has 1 heterocycles. The summed E-state index contributed by atoms with van der Waals surface area (Å²) in [4.78, 5) is 33.8. The third-order valence-corrected chi connectivity index (χ3v) is 2.81. The number of carbonyl (C=O) groups is 3. The molecular weight excluding hydrogens is 280 g/mol. The van der Waals surface area contributed by atoms with E-state index < -0.39 is 30.2 Å². The van der Waals surface area contributed by atoms with Crippen molar-refractivity contribution in [3.63, 3.8) is 0 Å². The number of carboxylic acids is 1. The summed E-state index contributed by atoms with van der Waals surface area (Å²) in [5, 5.41) is 11.2. The maximum atomic E-state index is 12.0. The molecule has 112 valence electrons. The summed E-state index contributed by atoms with van der Waals surface area (Å²) in [7, 11) is 0. The fourth-order valence-corrected chi connectivity index (χ4v) is 1.83. The standard InChI is InChI=1S/C13H14N2O6/c14-11(16)6-8(13(18)19)15-12(17)7-1-2-9-10(5-7)21-4-3-20-9/h1-2,5,8H,3-4,6H2,(H2,14,16)(H,15,17)(H,18,19)/t8-/m0/s1. The van der Waals surface area contributed by atoms with Gasteiger partial charge in [0, 0.05) is 5.56 Å². The molecule has 8 nitrogen and oxygen atoms in total. The second kappa shape index (κ2) is 6.12. The van der Waals surface area contributed by atoms with Crippen LogP contribution in [0.15, 0.2) is 18.2 Å². The first-order valence-electron chi connectivity index (χ1n) is 6.19. The molecule has 1 atom stereocenters. The van der Waals surface area contributed by atoms with Gasteiger partial charge in [-0.15, -0.1) is 0 Å². The number of fused-ring (bicyclic) bond motifs is 1. The Labute approximate surface area is 119 Å². The zero-order valence-electron chi connectivity index (χ0n) is 11.0. The highest BCUT2D eigenvalue weighted by molar-refractivity contribution is 5.98. The molecule has 0 radical (unpaired) electrons. The van der Waals surface area contributed by atoms with Gasteiger partial charge in [-0.3, -0.25) is 9.59 Å². The number of carbonyl (C=O) groups excluding carboxylic acids is 2. The van der Waals surface area contributed by atoms with Crippen LogP contribution in [0.25, 0.3) is 0 Å². The second-order valence-electron chi connectivity index (χ2n) is 4.39. The first kappa shape index (κ1) is 14.6. The highest BCUT2D eigenvalue weighted by Gasteiger charge is 2.23. The normalized spacial score (nSPS) is 14.1. The number of primary amides is 1. The number of ether oxygens (including phenoxy) is 2. The monoisotopic (exact) mass is 294 g/mol. The van der Waals surface area contributed by atoms with Gasteiger partial charge in [0.25, 0.3) is 5.91 Å². The Morgan fingerprint density at radius 2 is 1.90 bits per heavy atom. The highest BCUT2D eigenvalue weighted by Crippen LogP contribution is 2.30. The molecule has 1 aromatic rings. The van der Waals surface area contributed by atoms with Crippen LogP contribution in [0.1, 0.15) is 16.8 Å². The molecule has 0 fully saturated rings. The van der Waals surface area contributed by atoms with Gasteiger partial charge in [-0.1, -0.05) is 0 Å². The van der Waals surface area contributed by atoms with Gasteiger partial charge in [0.15, 0.2) is 11.5 Å². The van der Waals surface area contributed by atoms with Gasteiger partial charge in [-0.05, 0) is 18.2 Å². The number of benzene rings is 1. The molecule has 1 aromatic carbocycles. The van der Waals surface area contributed by atoms with Gasteiger partial charge in [0.1, 0.15) is 19.3 Å². The van der Waals surface area contributed by atoms with Crippen LogP contribution < -0.4 is 20.5 Å². The van der Waals surface area contributed by atoms with E-state index in [9.17, 15) is 14.4 Å². The second-order valence-corrected chi connectivity index (χ2v) is 4.39. The first-order valence-corrected chi connectivity index (χ1v) is 6.19. The van der Waals surface area contributed by atoms with E-state index in [0.29, 0.717) is 24.7 Å². The van der Waals surface area contributed by atoms with Crippen LogP contribution in [0.5, 0.6) is 11.5 Å². The smallest absolute Gasteiger partial charge is 0.326 e. The van der Waals surface area contributed by atoms with Crippen LogP contribution in [0, 0.1) is 0 Å². The van der Waals surface area contributed by atoms with Crippen molar-refractivity contribution in [2.75, 3.05) is 13.2 Å². The lowest BCUT2D eigenvalue weighted by Gasteiger charge is -2.19. The molecule has 2 rings (SSSR count). The fourth-order valence-electron chi connectivity index (χ4n) is 1.83. The van der Waals surface area contributed by atoms with Gasteiger partial charge < -0.3 is 25.6 Å². The van der Waals surface area contributed by atoms with Gasteiger partial charge in [0.2, 0.25) is 5.91 Å². The Morgan fingerprint density at radius 3 is 2.52 bits per heavy atom. The lowest BCUT2D eigenvalue weighted by molar-refractivity contribution is -0.140.